The number of carbonyl (C=O) groups is 1. The summed E-state index contributed by atoms with van der Waals surface area (Å²) in [6.07, 6.45) is 1.33. The second-order valence-corrected chi connectivity index (χ2v) is 4.94. The minimum absolute atomic E-state index is 0.0653. The second kappa shape index (κ2) is 6.76. The zero-order chi connectivity index (χ0) is 13.6. The summed E-state index contributed by atoms with van der Waals surface area (Å²) in [6, 6.07) is 7.22. The average Bonchev–Trinajstić information content (AvgIpc) is 2.39. The molecule has 0 saturated heterocycles. The highest BCUT2D eigenvalue weighted by molar-refractivity contribution is 6.17. The SMILES string of the molecule is CCC(C)(CCO)NC(=O)c1ccc(CCl)cc1. The Kier molecular flexibility index (Phi) is 5.63. The molecule has 0 aliphatic heterocycles. The van der Waals surface area contributed by atoms with Gasteiger partial charge in [0.15, 0.2) is 0 Å². The molecule has 0 aromatic heterocycles. The maximum Gasteiger partial charge on any atom is 0.251 e. The zero-order valence-corrected chi connectivity index (χ0v) is 11.6. The molecule has 0 aliphatic carbocycles. The monoisotopic (exact) mass is 269 g/mol. The van der Waals surface area contributed by atoms with Gasteiger partial charge in [-0.25, -0.2) is 0 Å². The summed E-state index contributed by atoms with van der Waals surface area (Å²) in [5.41, 5.74) is 1.24. The van der Waals surface area contributed by atoms with Crippen molar-refractivity contribution in [3.8, 4) is 0 Å². The van der Waals surface area contributed by atoms with Crippen LogP contribution in [0.3, 0.4) is 0 Å². The van der Waals surface area contributed by atoms with Crippen LogP contribution in [0.1, 0.15) is 42.6 Å². The lowest BCUT2D eigenvalue weighted by Gasteiger charge is -2.29. The Balaban J connectivity index is 2.74. The highest BCUT2D eigenvalue weighted by Gasteiger charge is 2.24. The molecule has 1 atom stereocenters. The number of hydrogen-bond acceptors (Lipinski definition) is 2. The third kappa shape index (κ3) is 4.00. The molecular weight excluding hydrogens is 250 g/mol. The van der Waals surface area contributed by atoms with Gasteiger partial charge in [-0.1, -0.05) is 19.1 Å². The topological polar surface area (TPSA) is 49.3 Å². The lowest BCUT2D eigenvalue weighted by molar-refractivity contribution is 0.0886. The Hall–Kier alpha value is -1.06. The quantitative estimate of drug-likeness (QED) is 0.780. The third-order valence-electron chi connectivity index (χ3n) is 3.23. The summed E-state index contributed by atoms with van der Waals surface area (Å²) in [4.78, 5) is 12.1. The van der Waals surface area contributed by atoms with E-state index in [0.29, 0.717) is 17.9 Å². The molecule has 2 N–H and O–H groups in total. The molecule has 4 heteroatoms. The fourth-order valence-corrected chi connectivity index (χ4v) is 1.84. The smallest absolute Gasteiger partial charge is 0.251 e. The van der Waals surface area contributed by atoms with Crippen molar-refractivity contribution in [2.24, 2.45) is 0 Å². The van der Waals surface area contributed by atoms with Crippen molar-refractivity contribution in [2.75, 3.05) is 6.61 Å². The molecule has 1 aromatic carbocycles. The molecule has 0 saturated carbocycles. The van der Waals surface area contributed by atoms with Crippen molar-refractivity contribution in [3.63, 3.8) is 0 Å². The first-order chi connectivity index (χ1) is 8.54. The number of halogens is 1. The van der Waals surface area contributed by atoms with Gasteiger partial charge in [-0.05, 0) is 37.5 Å². The first-order valence-corrected chi connectivity index (χ1v) is 6.66. The maximum atomic E-state index is 12.1. The number of amides is 1. The van der Waals surface area contributed by atoms with E-state index in [-0.39, 0.29) is 18.1 Å². The van der Waals surface area contributed by atoms with Gasteiger partial charge in [-0.15, -0.1) is 11.6 Å². The minimum Gasteiger partial charge on any atom is -0.396 e. The van der Waals surface area contributed by atoms with Gasteiger partial charge in [-0.3, -0.25) is 4.79 Å². The Bertz CT molecular complexity index is 391. The molecule has 0 fully saturated rings. The van der Waals surface area contributed by atoms with Crippen molar-refractivity contribution in [1.29, 1.82) is 0 Å². The summed E-state index contributed by atoms with van der Waals surface area (Å²) in [5.74, 6) is 0.327. The number of carbonyl (C=O) groups excluding carboxylic acids is 1. The molecule has 0 spiro atoms. The summed E-state index contributed by atoms with van der Waals surface area (Å²) in [7, 11) is 0. The van der Waals surface area contributed by atoms with Crippen LogP contribution >= 0.6 is 11.6 Å². The minimum atomic E-state index is -0.364. The highest BCUT2D eigenvalue weighted by Crippen LogP contribution is 2.15. The van der Waals surface area contributed by atoms with Gasteiger partial charge in [0, 0.05) is 23.6 Å². The Morgan fingerprint density at radius 3 is 2.44 bits per heavy atom. The summed E-state index contributed by atoms with van der Waals surface area (Å²) in [6.45, 7) is 4.00. The maximum absolute atomic E-state index is 12.1. The van der Waals surface area contributed by atoms with E-state index in [4.69, 9.17) is 16.7 Å². The number of nitrogens with one attached hydrogen (secondary N) is 1. The van der Waals surface area contributed by atoms with E-state index >= 15 is 0 Å². The van der Waals surface area contributed by atoms with Crippen LogP contribution in [-0.2, 0) is 5.88 Å². The normalized spacial score (nSPS) is 14.0. The van der Waals surface area contributed by atoms with Crippen molar-refractivity contribution < 1.29 is 9.90 Å². The first-order valence-electron chi connectivity index (χ1n) is 6.13. The molecule has 1 amide bonds. The molecule has 18 heavy (non-hydrogen) atoms. The molecule has 1 unspecified atom stereocenters. The van der Waals surface area contributed by atoms with E-state index < -0.39 is 0 Å². The van der Waals surface area contributed by atoms with E-state index in [1.54, 1.807) is 12.1 Å². The average molecular weight is 270 g/mol. The third-order valence-corrected chi connectivity index (χ3v) is 3.54. The predicted molar refractivity (Wildman–Crippen MR) is 73.9 cm³/mol. The standard InChI is InChI=1S/C14H20ClNO2/c1-3-14(2,8-9-17)16-13(18)12-6-4-11(10-15)5-7-12/h4-7,17H,3,8-10H2,1-2H3,(H,16,18). The van der Waals surface area contributed by atoms with Crippen LogP contribution in [0.2, 0.25) is 0 Å². The van der Waals surface area contributed by atoms with Gasteiger partial charge in [0.05, 0.1) is 0 Å². The van der Waals surface area contributed by atoms with Crippen LogP contribution in [-0.4, -0.2) is 23.2 Å². The van der Waals surface area contributed by atoms with Gasteiger partial charge in [-0.2, -0.15) is 0 Å². The molecule has 0 bridgehead atoms. The van der Waals surface area contributed by atoms with Gasteiger partial charge < -0.3 is 10.4 Å². The lowest BCUT2D eigenvalue weighted by atomic mass is 9.94. The number of alkyl halides is 1. The Morgan fingerprint density at radius 1 is 1.39 bits per heavy atom. The van der Waals surface area contributed by atoms with Crippen molar-refractivity contribution in [3.05, 3.63) is 35.4 Å². The molecule has 0 heterocycles. The van der Waals surface area contributed by atoms with Crippen molar-refractivity contribution in [2.45, 2.75) is 38.1 Å². The van der Waals surface area contributed by atoms with Gasteiger partial charge in [0.2, 0.25) is 0 Å². The molecule has 0 radical (unpaired) electrons. The number of aliphatic hydroxyl groups is 1. The van der Waals surface area contributed by atoms with E-state index in [1.807, 2.05) is 26.0 Å². The number of hydrogen-bond donors (Lipinski definition) is 2. The number of aliphatic hydroxyl groups excluding tert-OH is 1. The second-order valence-electron chi connectivity index (χ2n) is 4.67. The first kappa shape index (κ1) is 15.0. The van der Waals surface area contributed by atoms with E-state index in [9.17, 15) is 4.79 Å². The van der Waals surface area contributed by atoms with Crippen LogP contribution < -0.4 is 5.32 Å². The fourth-order valence-electron chi connectivity index (χ4n) is 1.67. The Labute approximate surface area is 113 Å². The lowest BCUT2D eigenvalue weighted by Crippen LogP contribution is -2.46. The van der Waals surface area contributed by atoms with Crippen LogP contribution in [0.15, 0.2) is 24.3 Å². The Morgan fingerprint density at radius 2 is 2.00 bits per heavy atom. The number of benzene rings is 1. The molecule has 1 aromatic rings. The van der Waals surface area contributed by atoms with Gasteiger partial charge in [0.25, 0.3) is 5.91 Å². The fraction of sp³-hybridized carbons (Fsp3) is 0.500. The summed E-state index contributed by atoms with van der Waals surface area (Å²) in [5, 5.41) is 12.0. The van der Waals surface area contributed by atoms with Crippen LogP contribution in [0, 0.1) is 0 Å². The highest BCUT2D eigenvalue weighted by atomic mass is 35.5. The molecular formula is C14H20ClNO2. The van der Waals surface area contributed by atoms with Gasteiger partial charge in [0.1, 0.15) is 0 Å². The summed E-state index contributed by atoms with van der Waals surface area (Å²) < 4.78 is 0. The van der Waals surface area contributed by atoms with Crippen LogP contribution in [0.25, 0.3) is 0 Å². The van der Waals surface area contributed by atoms with E-state index in [1.165, 1.54) is 0 Å². The van der Waals surface area contributed by atoms with Crippen molar-refractivity contribution in [1.82, 2.24) is 5.32 Å². The largest absolute Gasteiger partial charge is 0.396 e. The van der Waals surface area contributed by atoms with E-state index in [2.05, 4.69) is 5.32 Å². The van der Waals surface area contributed by atoms with Crippen molar-refractivity contribution >= 4 is 17.5 Å². The van der Waals surface area contributed by atoms with Crippen LogP contribution in [0.5, 0.6) is 0 Å². The molecule has 1 rings (SSSR count). The summed E-state index contributed by atoms with van der Waals surface area (Å²) >= 11 is 5.70. The molecule has 0 aliphatic rings. The number of rotatable bonds is 6. The van der Waals surface area contributed by atoms with E-state index in [0.717, 1.165) is 12.0 Å². The molecule has 100 valence electrons. The predicted octanol–water partition coefficient (Wildman–Crippen LogP) is 2.71. The van der Waals surface area contributed by atoms with Crippen LogP contribution in [0.4, 0.5) is 0 Å². The van der Waals surface area contributed by atoms with Gasteiger partial charge >= 0.3 is 0 Å². The zero-order valence-electron chi connectivity index (χ0n) is 10.9. The molecule has 3 nitrogen and oxygen atoms in total.